The number of rotatable bonds is 15. The minimum Gasteiger partial charge on any atom is -0.459 e. The van der Waals surface area contributed by atoms with Crippen LogP contribution in [0.15, 0.2) is 37.5 Å². The number of carbonyl (C=O) groups is 1. The third-order valence-corrected chi connectivity index (χ3v) is 3.88. The van der Waals surface area contributed by atoms with Gasteiger partial charge in [-0.15, -0.1) is 13.2 Å². The van der Waals surface area contributed by atoms with Gasteiger partial charge >= 0.3 is 5.97 Å². The normalized spacial score (nSPS) is 16.2. The second kappa shape index (κ2) is 14.9. The lowest BCUT2D eigenvalue weighted by molar-refractivity contribution is -0.143. The zero-order chi connectivity index (χ0) is 19.1. The molecule has 0 spiro atoms. The molecule has 25 heavy (non-hydrogen) atoms. The summed E-state index contributed by atoms with van der Waals surface area (Å²) in [6.07, 6.45) is 8.17. The molecule has 144 valence electrons. The monoisotopic (exact) mass is 354 g/mol. The first-order valence-electron chi connectivity index (χ1n) is 9.09. The zero-order valence-electron chi connectivity index (χ0n) is 15.3. The maximum Gasteiger partial charge on any atom is 0.330 e. The van der Waals surface area contributed by atoms with Gasteiger partial charge in [-0.3, -0.25) is 0 Å². The van der Waals surface area contributed by atoms with E-state index in [1.807, 2.05) is 0 Å². The lowest BCUT2D eigenvalue weighted by Gasteiger charge is -2.18. The predicted molar refractivity (Wildman–Crippen MR) is 100 cm³/mol. The Kier molecular flexibility index (Phi) is 14.0. The molecule has 0 aliphatic heterocycles. The van der Waals surface area contributed by atoms with Crippen LogP contribution < -0.4 is 0 Å². The van der Waals surface area contributed by atoms with Gasteiger partial charge in [0.2, 0.25) is 0 Å². The van der Waals surface area contributed by atoms with E-state index in [4.69, 9.17) is 4.74 Å². The number of hydrogen-bond acceptors (Lipinski definition) is 5. The molecule has 0 saturated carbocycles. The maximum atomic E-state index is 11.9. The molecule has 0 fully saturated rings. The van der Waals surface area contributed by atoms with Crippen molar-refractivity contribution >= 4 is 5.97 Å². The molecule has 5 heteroatoms. The lowest BCUT2D eigenvalue weighted by Crippen LogP contribution is -2.28. The van der Waals surface area contributed by atoms with Gasteiger partial charge in [-0.1, -0.05) is 31.9 Å². The van der Waals surface area contributed by atoms with Crippen molar-refractivity contribution in [1.82, 2.24) is 0 Å². The van der Waals surface area contributed by atoms with Gasteiger partial charge in [0.25, 0.3) is 0 Å². The van der Waals surface area contributed by atoms with Crippen LogP contribution in [0.5, 0.6) is 0 Å². The van der Waals surface area contributed by atoms with Crippen LogP contribution in [-0.4, -0.2) is 45.7 Å². The number of allylic oxidation sites excluding steroid dienone is 1. The highest BCUT2D eigenvalue weighted by Crippen LogP contribution is 2.13. The summed E-state index contributed by atoms with van der Waals surface area (Å²) < 4.78 is 5.42. The number of ether oxygens (including phenoxy) is 1. The van der Waals surface area contributed by atoms with E-state index in [2.05, 4.69) is 20.1 Å². The molecule has 0 heterocycles. The van der Waals surface area contributed by atoms with Gasteiger partial charge in [0.1, 0.15) is 6.10 Å². The second-order valence-electron chi connectivity index (χ2n) is 6.25. The van der Waals surface area contributed by atoms with Crippen molar-refractivity contribution in [3.05, 3.63) is 37.5 Å². The fraction of sp³-hybridized carbons (Fsp3) is 0.650. The minimum atomic E-state index is -1.24. The van der Waals surface area contributed by atoms with Gasteiger partial charge in [-0.2, -0.15) is 0 Å². The van der Waals surface area contributed by atoms with Crippen LogP contribution in [0.3, 0.4) is 0 Å². The molecule has 0 saturated heterocycles. The number of aliphatic hydroxyl groups is 3. The zero-order valence-corrected chi connectivity index (χ0v) is 15.3. The van der Waals surface area contributed by atoms with E-state index in [0.717, 1.165) is 44.6 Å². The number of unbranched alkanes of at least 4 members (excludes halogenated alkanes) is 2. The summed E-state index contributed by atoms with van der Waals surface area (Å²) in [6.45, 7) is 9.30. The van der Waals surface area contributed by atoms with Crippen molar-refractivity contribution in [2.24, 2.45) is 0 Å². The van der Waals surface area contributed by atoms with E-state index in [-0.39, 0.29) is 12.5 Å². The molecule has 0 amide bonds. The van der Waals surface area contributed by atoms with E-state index >= 15 is 0 Å². The van der Waals surface area contributed by atoms with Crippen molar-refractivity contribution in [3.8, 4) is 0 Å². The summed E-state index contributed by atoms with van der Waals surface area (Å²) in [4.78, 5) is 11.9. The first-order chi connectivity index (χ1) is 11.9. The van der Waals surface area contributed by atoms with Crippen molar-refractivity contribution < 1.29 is 24.9 Å². The first kappa shape index (κ1) is 23.6. The van der Waals surface area contributed by atoms with Crippen LogP contribution in [0.2, 0.25) is 0 Å². The largest absolute Gasteiger partial charge is 0.459 e. The SMILES string of the molecule is C=CCC[C@@H](CCCCC)OC(=O)/C=C/[C@@H](O)[C@H](O)C[C@@H](O)CC=C. The fourth-order valence-electron chi connectivity index (χ4n) is 2.40. The smallest absolute Gasteiger partial charge is 0.330 e. The van der Waals surface area contributed by atoms with Gasteiger partial charge in [0, 0.05) is 12.5 Å². The average Bonchev–Trinajstić information content (AvgIpc) is 2.57. The highest BCUT2D eigenvalue weighted by atomic mass is 16.5. The van der Waals surface area contributed by atoms with Crippen molar-refractivity contribution in [2.45, 2.75) is 82.7 Å². The Bertz CT molecular complexity index is 405. The Hall–Kier alpha value is -1.43. The average molecular weight is 354 g/mol. The molecule has 0 aromatic carbocycles. The van der Waals surface area contributed by atoms with E-state index in [1.54, 1.807) is 12.2 Å². The molecule has 3 N–H and O–H groups in total. The third-order valence-electron chi connectivity index (χ3n) is 3.88. The molecular formula is C20H34O5. The number of esters is 1. The molecule has 0 aromatic rings. The third kappa shape index (κ3) is 12.6. The standard InChI is InChI=1S/C20H34O5/c1-4-7-9-12-17(11-8-5-2)25-20(24)14-13-18(22)19(23)15-16(21)10-6-3/h5-6,13-14,16-19,21-23H,2-4,7-12,15H2,1H3/b14-13+/t16-,17-,18+,19+/m0/s1. The molecule has 0 unspecified atom stereocenters. The Labute approximate surface area is 151 Å². The molecule has 5 nitrogen and oxygen atoms in total. The second-order valence-corrected chi connectivity index (χ2v) is 6.25. The molecule has 0 bridgehead atoms. The lowest BCUT2D eigenvalue weighted by atomic mass is 10.0. The summed E-state index contributed by atoms with van der Waals surface area (Å²) in [5, 5.41) is 29.2. The van der Waals surface area contributed by atoms with E-state index in [9.17, 15) is 20.1 Å². The summed E-state index contributed by atoms with van der Waals surface area (Å²) in [6, 6.07) is 0. The Morgan fingerprint density at radius 1 is 1.12 bits per heavy atom. The molecule has 4 atom stereocenters. The van der Waals surface area contributed by atoms with Gasteiger partial charge in [0.15, 0.2) is 0 Å². The van der Waals surface area contributed by atoms with Crippen LogP contribution in [-0.2, 0) is 9.53 Å². The van der Waals surface area contributed by atoms with Gasteiger partial charge < -0.3 is 20.1 Å². The topological polar surface area (TPSA) is 87.0 Å². The van der Waals surface area contributed by atoms with Crippen LogP contribution in [0.25, 0.3) is 0 Å². The van der Waals surface area contributed by atoms with Crippen LogP contribution in [0, 0.1) is 0 Å². The fourth-order valence-corrected chi connectivity index (χ4v) is 2.40. The Morgan fingerprint density at radius 3 is 2.44 bits per heavy atom. The van der Waals surface area contributed by atoms with Crippen LogP contribution in [0.4, 0.5) is 0 Å². The van der Waals surface area contributed by atoms with Gasteiger partial charge in [-0.05, 0) is 38.2 Å². The summed E-state index contributed by atoms with van der Waals surface area (Å²) >= 11 is 0. The van der Waals surface area contributed by atoms with E-state index < -0.39 is 24.3 Å². The van der Waals surface area contributed by atoms with Gasteiger partial charge in [-0.25, -0.2) is 4.79 Å². The van der Waals surface area contributed by atoms with Crippen LogP contribution in [0.1, 0.15) is 58.3 Å². The van der Waals surface area contributed by atoms with Crippen molar-refractivity contribution in [1.29, 1.82) is 0 Å². The Balaban J connectivity index is 4.41. The van der Waals surface area contributed by atoms with Gasteiger partial charge in [0.05, 0.1) is 18.3 Å². The van der Waals surface area contributed by atoms with Crippen LogP contribution >= 0.6 is 0 Å². The predicted octanol–water partition coefficient (Wildman–Crippen LogP) is 3.05. The summed E-state index contributed by atoms with van der Waals surface area (Å²) in [5.74, 6) is -0.538. The number of hydrogen-bond donors (Lipinski definition) is 3. The highest BCUT2D eigenvalue weighted by Gasteiger charge is 2.18. The maximum absolute atomic E-state index is 11.9. The molecule has 0 radical (unpaired) electrons. The molecular weight excluding hydrogens is 320 g/mol. The number of carbonyl (C=O) groups excluding carboxylic acids is 1. The van der Waals surface area contributed by atoms with E-state index in [0.29, 0.717) is 6.42 Å². The van der Waals surface area contributed by atoms with E-state index in [1.165, 1.54) is 6.08 Å². The quantitative estimate of drug-likeness (QED) is 0.182. The highest BCUT2D eigenvalue weighted by molar-refractivity contribution is 5.82. The first-order valence-corrected chi connectivity index (χ1v) is 9.09. The molecule has 0 aromatic heterocycles. The van der Waals surface area contributed by atoms with Crippen molar-refractivity contribution in [2.75, 3.05) is 0 Å². The molecule has 0 rings (SSSR count). The molecule has 0 aliphatic rings. The summed E-state index contributed by atoms with van der Waals surface area (Å²) in [5.41, 5.74) is 0. The summed E-state index contributed by atoms with van der Waals surface area (Å²) in [7, 11) is 0. The molecule has 0 aliphatic carbocycles. The Morgan fingerprint density at radius 2 is 1.84 bits per heavy atom. The minimum absolute atomic E-state index is 0.00551. The number of aliphatic hydroxyl groups excluding tert-OH is 3. The van der Waals surface area contributed by atoms with Crippen molar-refractivity contribution in [3.63, 3.8) is 0 Å².